The van der Waals surface area contributed by atoms with Gasteiger partial charge in [0.2, 0.25) is 5.91 Å². The van der Waals surface area contributed by atoms with Gasteiger partial charge in [-0.05, 0) is 19.4 Å². The Morgan fingerprint density at radius 2 is 2.43 bits per heavy atom. The monoisotopic (exact) mass is 197 g/mol. The van der Waals surface area contributed by atoms with Gasteiger partial charge in [0.05, 0.1) is 6.04 Å². The standard InChI is InChI=1S/C10H19N3O/c1-2-12-7-5-10(14)13(12)9-4-3-6-11-8-9/h9,11H,2-8H2,1H3. The topological polar surface area (TPSA) is 35.6 Å². The van der Waals surface area contributed by atoms with E-state index in [0.29, 0.717) is 18.4 Å². The maximum atomic E-state index is 11.7. The molecule has 0 radical (unpaired) electrons. The molecule has 2 aliphatic heterocycles. The fourth-order valence-electron chi connectivity index (χ4n) is 2.39. The molecule has 1 unspecified atom stereocenters. The van der Waals surface area contributed by atoms with E-state index in [1.165, 1.54) is 6.42 Å². The fraction of sp³-hybridized carbons (Fsp3) is 0.900. The maximum absolute atomic E-state index is 11.7. The zero-order chi connectivity index (χ0) is 9.97. The lowest BCUT2D eigenvalue weighted by Gasteiger charge is -2.36. The molecule has 0 spiro atoms. The molecule has 80 valence electrons. The summed E-state index contributed by atoms with van der Waals surface area (Å²) >= 11 is 0. The summed E-state index contributed by atoms with van der Waals surface area (Å²) in [5, 5.41) is 7.53. The Bertz CT molecular complexity index is 213. The molecule has 1 amide bonds. The number of hydrogen-bond donors (Lipinski definition) is 1. The summed E-state index contributed by atoms with van der Waals surface area (Å²) < 4.78 is 0. The van der Waals surface area contributed by atoms with Crippen molar-refractivity contribution >= 4 is 5.91 Å². The van der Waals surface area contributed by atoms with Crippen molar-refractivity contribution in [3.8, 4) is 0 Å². The molecule has 4 nitrogen and oxygen atoms in total. The van der Waals surface area contributed by atoms with E-state index in [-0.39, 0.29) is 0 Å². The molecule has 0 aliphatic carbocycles. The minimum Gasteiger partial charge on any atom is -0.315 e. The van der Waals surface area contributed by atoms with Gasteiger partial charge in [-0.3, -0.25) is 9.80 Å². The number of amides is 1. The van der Waals surface area contributed by atoms with Crippen LogP contribution in [-0.4, -0.2) is 48.1 Å². The zero-order valence-electron chi connectivity index (χ0n) is 8.83. The predicted molar refractivity (Wildman–Crippen MR) is 54.6 cm³/mol. The maximum Gasteiger partial charge on any atom is 0.238 e. The van der Waals surface area contributed by atoms with Crippen molar-refractivity contribution in [1.29, 1.82) is 0 Å². The number of carbonyl (C=O) groups excluding carboxylic acids is 1. The highest BCUT2D eigenvalue weighted by Gasteiger charge is 2.34. The van der Waals surface area contributed by atoms with Gasteiger partial charge >= 0.3 is 0 Å². The van der Waals surface area contributed by atoms with Crippen LogP contribution >= 0.6 is 0 Å². The van der Waals surface area contributed by atoms with Gasteiger partial charge in [0.1, 0.15) is 0 Å². The molecule has 1 atom stereocenters. The van der Waals surface area contributed by atoms with Gasteiger partial charge in [0.15, 0.2) is 0 Å². The van der Waals surface area contributed by atoms with Gasteiger partial charge in [0.25, 0.3) is 0 Å². The minimum absolute atomic E-state index is 0.306. The smallest absolute Gasteiger partial charge is 0.238 e. The van der Waals surface area contributed by atoms with Crippen LogP contribution in [0.4, 0.5) is 0 Å². The third-order valence-corrected chi connectivity index (χ3v) is 3.13. The average molecular weight is 197 g/mol. The van der Waals surface area contributed by atoms with Gasteiger partial charge in [-0.1, -0.05) is 6.92 Å². The summed E-state index contributed by atoms with van der Waals surface area (Å²) in [6.45, 7) is 6.03. The van der Waals surface area contributed by atoms with Gasteiger partial charge in [0, 0.05) is 26.1 Å². The number of hydrazine groups is 1. The summed E-state index contributed by atoms with van der Waals surface area (Å²) in [4.78, 5) is 11.7. The van der Waals surface area contributed by atoms with Crippen molar-refractivity contribution in [2.24, 2.45) is 0 Å². The molecule has 0 aromatic carbocycles. The normalized spacial score (nSPS) is 29.9. The summed E-state index contributed by atoms with van der Waals surface area (Å²) in [5.41, 5.74) is 0. The fourth-order valence-corrected chi connectivity index (χ4v) is 2.39. The highest BCUT2D eigenvalue weighted by atomic mass is 16.2. The number of hydrogen-bond acceptors (Lipinski definition) is 3. The predicted octanol–water partition coefficient (Wildman–Crippen LogP) is 0.208. The molecule has 14 heavy (non-hydrogen) atoms. The first-order chi connectivity index (χ1) is 6.83. The first-order valence-electron chi connectivity index (χ1n) is 5.60. The van der Waals surface area contributed by atoms with E-state index in [1.54, 1.807) is 0 Å². The van der Waals surface area contributed by atoms with E-state index in [9.17, 15) is 4.79 Å². The molecule has 2 aliphatic rings. The van der Waals surface area contributed by atoms with Gasteiger partial charge in [-0.25, -0.2) is 5.01 Å². The Kier molecular flexibility index (Phi) is 3.03. The Balaban J connectivity index is 2.01. The van der Waals surface area contributed by atoms with E-state index in [4.69, 9.17) is 0 Å². The second kappa shape index (κ2) is 4.28. The highest BCUT2D eigenvalue weighted by Crippen LogP contribution is 2.19. The summed E-state index contributed by atoms with van der Waals surface area (Å²) in [5.74, 6) is 0.306. The summed E-state index contributed by atoms with van der Waals surface area (Å²) in [6, 6.07) is 0.402. The van der Waals surface area contributed by atoms with Gasteiger partial charge in [-0.2, -0.15) is 0 Å². The number of rotatable bonds is 2. The Labute approximate surface area is 85.2 Å². The van der Waals surface area contributed by atoms with Crippen LogP contribution in [0.1, 0.15) is 26.2 Å². The van der Waals surface area contributed by atoms with Crippen molar-refractivity contribution < 1.29 is 4.79 Å². The quantitative estimate of drug-likeness (QED) is 0.687. The number of nitrogens with zero attached hydrogens (tertiary/aromatic N) is 2. The molecular formula is C10H19N3O. The minimum atomic E-state index is 0.306. The third-order valence-electron chi connectivity index (χ3n) is 3.13. The first kappa shape index (κ1) is 9.93. The van der Waals surface area contributed by atoms with Crippen molar-refractivity contribution in [2.45, 2.75) is 32.2 Å². The van der Waals surface area contributed by atoms with Crippen LogP contribution in [-0.2, 0) is 4.79 Å². The van der Waals surface area contributed by atoms with Crippen molar-refractivity contribution in [3.63, 3.8) is 0 Å². The first-order valence-corrected chi connectivity index (χ1v) is 5.60. The summed E-state index contributed by atoms with van der Waals surface area (Å²) in [6.07, 6.45) is 3.03. The van der Waals surface area contributed by atoms with Crippen molar-refractivity contribution in [2.75, 3.05) is 26.2 Å². The van der Waals surface area contributed by atoms with Crippen molar-refractivity contribution in [3.05, 3.63) is 0 Å². The molecule has 4 heteroatoms. The van der Waals surface area contributed by atoms with E-state index < -0.39 is 0 Å². The van der Waals surface area contributed by atoms with Crippen LogP contribution in [0.25, 0.3) is 0 Å². The molecule has 0 saturated carbocycles. The van der Waals surface area contributed by atoms with Crippen LogP contribution < -0.4 is 5.32 Å². The Morgan fingerprint density at radius 1 is 1.57 bits per heavy atom. The Hall–Kier alpha value is -0.610. The van der Waals surface area contributed by atoms with Gasteiger partial charge in [-0.15, -0.1) is 0 Å². The second-order valence-electron chi connectivity index (χ2n) is 4.03. The third kappa shape index (κ3) is 1.77. The van der Waals surface area contributed by atoms with Crippen molar-refractivity contribution in [1.82, 2.24) is 15.3 Å². The summed E-state index contributed by atoms with van der Waals surface area (Å²) in [7, 11) is 0. The SMILES string of the molecule is CCN1CCC(=O)N1C1CCCNC1. The average Bonchev–Trinajstić information content (AvgIpc) is 2.61. The Morgan fingerprint density at radius 3 is 3.07 bits per heavy atom. The molecule has 0 aromatic heterocycles. The molecule has 2 rings (SSSR count). The molecule has 2 fully saturated rings. The van der Waals surface area contributed by atoms with E-state index >= 15 is 0 Å². The largest absolute Gasteiger partial charge is 0.315 e. The van der Waals surface area contributed by atoms with Crippen LogP contribution in [0.3, 0.4) is 0 Å². The van der Waals surface area contributed by atoms with Crippen LogP contribution in [0, 0.1) is 0 Å². The molecule has 2 saturated heterocycles. The molecular weight excluding hydrogens is 178 g/mol. The molecule has 2 heterocycles. The van der Waals surface area contributed by atoms with Crippen LogP contribution in [0.2, 0.25) is 0 Å². The molecule has 0 aromatic rings. The van der Waals surface area contributed by atoms with E-state index in [0.717, 1.165) is 32.6 Å². The zero-order valence-corrected chi connectivity index (χ0v) is 8.83. The molecule has 0 bridgehead atoms. The van der Waals surface area contributed by atoms with E-state index in [2.05, 4.69) is 17.2 Å². The lowest BCUT2D eigenvalue weighted by molar-refractivity contribution is -0.143. The van der Waals surface area contributed by atoms with E-state index in [1.807, 2.05) is 5.01 Å². The van der Waals surface area contributed by atoms with Crippen LogP contribution in [0.15, 0.2) is 0 Å². The second-order valence-corrected chi connectivity index (χ2v) is 4.03. The number of piperidine rings is 1. The van der Waals surface area contributed by atoms with Gasteiger partial charge < -0.3 is 5.32 Å². The lowest BCUT2D eigenvalue weighted by Crippen LogP contribution is -2.52. The molecule has 1 N–H and O–H groups in total. The van der Waals surface area contributed by atoms with Crippen LogP contribution in [0.5, 0.6) is 0 Å². The number of carbonyl (C=O) groups is 1. The lowest BCUT2D eigenvalue weighted by atomic mass is 10.1. The number of nitrogens with one attached hydrogen (secondary N) is 1. The highest BCUT2D eigenvalue weighted by molar-refractivity contribution is 5.78.